The van der Waals surface area contributed by atoms with Gasteiger partial charge in [0.05, 0.1) is 16.8 Å². The molecule has 0 spiro atoms. The van der Waals surface area contributed by atoms with Crippen molar-refractivity contribution < 1.29 is 23.6 Å². The number of carbonyl (C=O) groups excluding carboxylic acids is 4. The van der Waals surface area contributed by atoms with Crippen molar-refractivity contribution in [3.63, 3.8) is 0 Å². The molecule has 4 amide bonds. The SMILES string of the molecule is NCCc1ocnc1CNCc1cccc2c1C(=O)N(C1CCC(=O)NC1=O)C2=O. The van der Waals surface area contributed by atoms with Gasteiger partial charge in [0.25, 0.3) is 11.8 Å². The molecule has 1 aromatic carbocycles. The van der Waals surface area contributed by atoms with E-state index in [1.165, 1.54) is 6.39 Å². The number of benzene rings is 1. The molecule has 4 N–H and O–H groups in total. The minimum atomic E-state index is -0.982. The van der Waals surface area contributed by atoms with E-state index in [9.17, 15) is 19.2 Å². The Hall–Kier alpha value is -3.37. The Labute approximate surface area is 171 Å². The predicted octanol–water partition coefficient (Wildman–Crippen LogP) is -0.133. The Bertz CT molecular complexity index is 1030. The fraction of sp³-hybridized carbons (Fsp3) is 0.350. The first kappa shape index (κ1) is 19.9. The van der Waals surface area contributed by atoms with Gasteiger partial charge >= 0.3 is 0 Å². The number of piperidine rings is 1. The third-order valence-electron chi connectivity index (χ3n) is 5.26. The molecule has 1 unspecified atom stereocenters. The highest BCUT2D eigenvalue weighted by Crippen LogP contribution is 2.30. The van der Waals surface area contributed by atoms with Gasteiger partial charge < -0.3 is 15.5 Å². The summed E-state index contributed by atoms with van der Waals surface area (Å²) >= 11 is 0. The Morgan fingerprint density at radius 1 is 1.20 bits per heavy atom. The lowest BCUT2D eigenvalue weighted by atomic mass is 10.0. The summed E-state index contributed by atoms with van der Waals surface area (Å²) in [5.74, 6) is -1.36. The van der Waals surface area contributed by atoms with Crippen LogP contribution in [0, 0.1) is 0 Å². The van der Waals surface area contributed by atoms with Crippen LogP contribution in [-0.2, 0) is 29.1 Å². The van der Waals surface area contributed by atoms with Crippen molar-refractivity contribution in [3.05, 3.63) is 52.7 Å². The molecule has 1 atom stereocenters. The van der Waals surface area contributed by atoms with E-state index in [4.69, 9.17) is 10.2 Å². The maximum absolute atomic E-state index is 13.1. The number of hydrogen-bond donors (Lipinski definition) is 3. The molecule has 3 heterocycles. The van der Waals surface area contributed by atoms with Crippen LogP contribution in [-0.4, -0.2) is 46.1 Å². The van der Waals surface area contributed by atoms with Gasteiger partial charge in [-0.15, -0.1) is 0 Å². The molecule has 0 radical (unpaired) electrons. The zero-order valence-electron chi connectivity index (χ0n) is 16.1. The largest absolute Gasteiger partial charge is 0.448 e. The quantitative estimate of drug-likeness (QED) is 0.534. The molecule has 0 aliphatic carbocycles. The van der Waals surface area contributed by atoms with Crippen LogP contribution in [0.2, 0.25) is 0 Å². The normalized spacial score (nSPS) is 18.7. The zero-order valence-corrected chi connectivity index (χ0v) is 16.1. The van der Waals surface area contributed by atoms with E-state index in [0.717, 1.165) is 10.6 Å². The van der Waals surface area contributed by atoms with Crippen molar-refractivity contribution in [2.24, 2.45) is 5.73 Å². The average molecular weight is 411 g/mol. The second-order valence-electron chi connectivity index (χ2n) is 7.15. The van der Waals surface area contributed by atoms with Crippen LogP contribution in [0.1, 0.15) is 50.6 Å². The van der Waals surface area contributed by atoms with Gasteiger partial charge in [-0.1, -0.05) is 12.1 Å². The van der Waals surface area contributed by atoms with E-state index in [2.05, 4.69) is 15.6 Å². The Kier molecular flexibility index (Phi) is 5.42. The summed E-state index contributed by atoms with van der Waals surface area (Å²) in [6, 6.07) is 4.05. The van der Waals surface area contributed by atoms with E-state index in [-0.39, 0.29) is 24.0 Å². The molecule has 4 rings (SSSR count). The highest BCUT2D eigenvalue weighted by molar-refractivity contribution is 6.24. The summed E-state index contributed by atoms with van der Waals surface area (Å²) in [4.78, 5) is 54.6. The van der Waals surface area contributed by atoms with Crippen LogP contribution < -0.4 is 16.4 Å². The molecule has 2 aromatic rings. The second-order valence-corrected chi connectivity index (χ2v) is 7.15. The highest BCUT2D eigenvalue weighted by Gasteiger charge is 2.45. The number of fused-ring (bicyclic) bond motifs is 1. The molecule has 2 aliphatic heterocycles. The van der Waals surface area contributed by atoms with Gasteiger partial charge in [0, 0.05) is 25.9 Å². The number of hydrogen-bond acceptors (Lipinski definition) is 8. The molecular weight excluding hydrogens is 390 g/mol. The third kappa shape index (κ3) is 3.51. The molecule has 10 nitrogen and oxygen atoms in total. The molecule has 1 fully saturated rings. The Balaban J connectivity index is 1.51. The first-order valence-electron chi connectivity index (χ1n) is 9.66. The number of amides is 4. The molecule has 2 aliphatic rings. The molecule has 0 bridgehead atoms. The van der Waals surface area contributed by atoms with Gasteiger partial charge in [0.2, 0.25) is 11.8 Å². The van der Waals surface area contributed by atoms with Crippen LogP contribution in [0.4, 0.5) is 0 Å². The first-order valence-corrected chi connectivity index (χ1v) is 9.66. The van der Waals surface area contributed by atoms with Crippen molar-refractivity contribution >= 4 is 23.6 Å². The fourth-order valence-corrected chi connectivity index (χ4v) is 3.82. The number of nitrogens with zero attached hydrogens (tertiary/aromatic N) is 2. The van der Waals surface area contributed by atoms with Crippen molar-refractivity contribution in [1.82, 2.24) is 20.5 Å². The zero-order chi connectivity index (χ0) is 21.3. The number of nitrogens with two attached hydrogens (primary N) is 1. The lowest BCUT2D eigenvalue weighted by Crippen LogP contribution is -2.54. The van der Waals surface area contributed by atoms with Crippen molar-refractivity contribution in [2.75, 3.05) is 6.54 Å². The smallest absolute Gasteiger partial charge is 0.262 e. The molecule has 0 saturated carbocycles. The highest BCUT2D eigenvalue weighted by atomic mass is 16.3. The summed E-state index contributed by atoms with van der Waals surface area (Å²) in [6.07, 6.45) is 2.15. The van der Waals surface area contributed by atoms with E-state index < -0.39 is 29.7 Å². The number of oxazole rings is 1. The predicted molar refractivity (Wildman–Crippen MR) is 103 cm³/mol. The number of nitrogens with one attached hydrogen (secondary N) is 2. The molecule has 1 saturated heterocycles. The maximum Gasteiger partial charge on any atom is 0.262 e. The van der Waals surface area contributed by atoms with E-state index in [1.807, 2.05) is 0 Å². The van der Waals surface area contributed by atoms with Gasteiger partial charge in [0.1, 0.15) is 11.8 Å². The van der Waals surface area contributed by atoms with Crippen LogP contribution >= 0.6 is 0 Å². The minimum absolute atomic E-state index is 0.0844. The Morgan fingerprint density at radius 2 is 2.03 bits per heavy atom. The minimum Gasteiger partial charge on any atom is -0.448 e. The lowest BCUT2D eigenvalue weighted by molar-refractivity contribution is -0.136. The van der Waals surface area contributed by atoms with Gasteiger partial charge in [0.15, 0.2) is 6.39 Å². The molecule has 10 heteroatoms. The third-order valence-corrected chi connectivity index (χ3v) is 5.26. The van der Waals surface area contributed by atoms with E-state index in [1.54, 1.807) is 18.2 Å². The van der Waals surface area contributed by atoms with Gasteiger partial charge in [-0.3, -0.25) is 29.4 Å². The monoisotopic (exact) mass is 411 g/mol. The standard InChI is InChI=1S/C20H21N5O5/c21-7-6-15-13(23-10-30-15)9-22-8-11-2-1-3-12-17(11)20(29)25(19(12)28)14-4-5-16(26)24-18(14)27/h1-3,10,14,22H,4-9,21H2,(H,24,26,27). The van der Waals surface area contributed by atoms with Crippen LogP contribution in [0.15, 0.2) is 29.0 Å². The summed E-state index contributed by atoms with van der Waals surface area (Å²) < 4.78 is 5.31. The topological polar surface area (TPSA) is 148 Å². The number of rotatable bonds is 7. The molecular formula is C20H21N5O5. The summed E-state index contributed by atoms with van der Waals surface area (Å²) in [5, 5.41) is 5.40. The summed E-state index contributed by atoms with van der Waals surface area (Å²) in [6.45, 7) is 1.18. The van der Waals surface area contributed by atoms with Gasteiger partial charge in [-0.25, -0.2) is 4.98 Å². The lowest BCUT2D eigenvalue weighted by Gasteiger charge is -2.27. The molecule has 1 aromatic heterocycles. The van der Waals surface area contributed by atoms with Crippen LogP contribution in [0.25, 0.3) is 0 Å². The second kappa shape index (κ2) is 8.17. The Morgan fingerprint density at radius 3 is 2.80 bits per heavy atom. The van der Waals surface area contributed by atoms with Gasteiger partial charge in [-0.05, 0) is 24.6 Å². The molecule has 30 heavy (non-hydrogen) atoms. The maximum atomic E-state index is 13.1. The van der Waals surface area contributed by atoms with Crippen molar-refractivity contribution in [3.8, 4) is 0 Å². The van der Waals surface area contributed by atoms with E-state index >= 15 is 0 Å². The fourth-order valence-electron chi connectivity index (χ4n) is 3.82. The van der Waals surface area contributed by atoms with Crippen LogP contribution in [0.3, 0.4) is 0 Å². The van der Waals surface area contributed by atoms with E-state index in [0.29, 0.717) is 37.4 Å². The number of imide groups is 2. The van der Waals surface area contributed by atoms with Crippen LogP contribution in [0.5, 0.6) is 0 Å². The summed E-state index contributed by atoms with van der Waals surface area (Å²) in [7, 11) is 0. The molecule has 156 valence electrons. The summed E-state index contributed by atoms with van der Waals surface area (Å²) in [5.41, 5.74) is 7.48. The average Bonchev–Trinajstić information content (AvgIpc) is 3.26. The number of carbonyl (C=O) groups is 4. The van der Waals surface area contributed by atoms with Gasteiger partial charge in [-0.2, -0.15) is 0 Å². The van der Waals surface area contributed by atoms with Crippen molar-refractivity contribution in [2.45, 2.75) is 38.4 Å². The number of aromatic nitrogens is 1. The first-order chi connectivity index (χ1) is 14.5. The van der Waals surface area contributed by atoms with Crippen molar-refractivity contribution in [1.29, 1.82) is 0 Å².